The van der Waals surface area contributed by atoms with Gasteiger partial charge in [-0.25, -0.2) is 0 Å². The van der Waals surface area contributed by atoms with Gasteiger partial charge in [-0.15, -0.1) is 0 Å². The minimum absolute atomic E-state index is 0.0517. The van der Waals surface area contributed by atoms with Crippen LogP contribution in [0.1, 0.15) is 31.4 Å². The van der Waals surface area contributed by atoms with Gasteiger partial charge in [-0.05, 0) is 12.5 Å². The Balaban J connectivity index is 2.64. The third-order valence-corrected chi connectivity index (χ3v) is 2.52. The van der Waals surface area contributed by atoms with Crippen LogP contribution in [0.2, 0.25) is 0 Å². The molecule has 0 aliphatic heterocycles. The number of carboxylic acids is 1. The molecule has 0 heterocycles. The zero-order valence-corrected chi connectivity index (χ0v) is 10.3. The summed E-state index contributed by atoms with van der Waals surface area (Å²) in [5.74, 6) is -1.44. The number of benzene rings is 1. The first-order valence-corrected chi connectivity index (χ1v) is 5.65. The number of carbonyl (C=O) groups excluding carboxylic acids is 1. The van der Waals surface area contributed by atoms with E-state index in [-0.39, 0.29) is 18.5 Å². The highest BCUT2D eigenvalue weighted by Gasteiger charge is 2.13. The topological polar surface area (TPSA) is 110 Å². The third kappa shape index (κ3) is 4.74. The molecule has 0 radical (unpaired) electrons. The zero-order valence-electron chi connectivity index (χ0n) is 10.3. The highest BCUT2D eigenvalue weighted by molar-refractivity contribution is 5.80. The summed E-state index contributed by atoms with van der Waals surface area (Å²) >= 11 is 0. The van der Waals surface area contributed by atoms with Crippen LogP contribution in [0.15, 0.2) is 24.3 Å². The van der Waals surface area contributed by atoms with Crippen molar-refractivity contribution in [1.82, 2.24) is 5.32 Å². The van der Waals surface area contributed by atoms with Gasteiger partial charge in [0, 0.05) is 18.6 Å². The average Bonchev–Trinajstić information content (AvgIpc) is 2.36. The van der Waals surface area contributed by atoms with Gasteiger partial charge in [0.1, 0.15) is 0 Å². The van der Waals surface area contributed by atoms with E-state index in [1.54, 1.807) is 13.0 Å². The van der Waals surface area contributed by atoms with E-state index in [4.69, 9.17) is 5.11 Å². The monoisotopic (exact) mass is 266 g/mol. The first kappa shape index (κ1) is 14.6. The van der Waals surface area contributed by atoms with Gasteiger partial charge in [0.25, 0.3) is 5.69 Å². The number of hydrogen-bond donors (Lipinski definition) is 2. The smallest absolute Gasteiger partial charge is 0.303 e. The van der Waals surface area contributed by atoms with Crippen LogP contribution in [-0.2, 0) is 9.59 Å². The number of carbonyl (C=O) groups is 2. The molecule has 1 amide bonds. The van der Waals surface area contributed by atoms with Gasteiger partial charge in [-0.3, -0.25) is 19.7 Å². The fraction of sp³-hybridized carbons (Fsp3) is 0.333. The van der Waals surface area contributed by atoms with E-state index < -0.39 is 22.8 Å². The number of hydrogen-bond acceptors (Lipinski definition) is 4. The molecule has 19 heavy (non-hydrogen) atoms. The fourth-order valence-electron chi connectivity index (χ4n) is 1.53. The Hall–Kier alpha value is -2.44. The molecule has 2 N–H and O–H groups in total. The number of nitrogens with one attached hydrogen (secondary N) is 1. The predicted molar refractivity (Wildman–Crippen MR) is 66.5 cm³/mol. The highest BCUT2D eigenvalue weighted by atomic mass is 16.6. The van der Waals surface area contributed by atoms with E-state index in [1.807, 2.05) is 0 Å². The quantitative estimate of drug-likeness (QED) is 0.600. The maximum atomic E-state index is 11.4. The van der Waals surface area contributed by atoms with Crippen molar-refractivity contribution in [3.8, 4) is 0 Å². The summed E-state index contributed by atoms with van der Waals surface area (Å²) < 4.78 is 0. The van der Waals surface area contributed by atoms with Crippen molar-refractivity contribution in [2.24, 2.45) is 0 Å². The van der Waals surface area contributed by atoms with Gasteiger partial charge < -0.3 is 10.4 Å². The molecule has 0 bridgehead atoms. The zero-order chi connectivity index (χ0) is 14.4. The van der Waals surface area contributed by atoms with E-state index in [0.29, 0.717) is 5.56 Å². The summed E-state index contributed by atoms with van der Waals surface area (Å²) in [5, 5.41) is 21.7. The molecule has 0 aromatic heterocycles. The van der Waals surface area contributed by atoms with Gasteiger partial charge >= 0.3 is 5.97 Å². The molecule has 0 saturated heterocycles. The number of nitro benzene ring substituents is 1. The Morgan fingerprint density at radius 2 is 2.11 bits per heavy atom. The first-order chi connectivity index (χ1) is 8.90. The van der Waals surface area contributed by atoms with Gasteiger partial charge in [-0.2, -0.15) is 0 Å². The van der Waals surface area contributed by atoms with Crippen molar-refractivity contribution in [3.05, 3.63) is 39.9 Å². The highest BCUT2D eigenvalue weighted by Crippen LogP contribution is 2.18. The van der Waals surface area contributed by atoms with Crippen molar-refractivity contribution in [2.75, 3.05) is 0 Å². The number of amides is 1. The van der Waals surface area contributed by atoms with Crippen molar-refractivity contribution >= 4 is 17.6 Å². The van der Waals surface area contributed by atoms with Gasteiger partial charge in [0.05, 0.1) is 17.4 Å². The molecule has 0 aliphatic carbocycles. The summed E-state index contributed by atoms with van der Waals surface area (Å²) in [5.41, 5.74) is 0.544. The summed E-state index contributed by atoms with van der Waals surface area (Å²) in [6, 6.07) is 5.52. The lowest BCUT2D eigenvalue weighted by Crippen LogP contribution is -2.26. The van der Waals surface area contributed by atoms with Crippen molar-refractivity contribution in [1.29, 1.82) is 0 Å². The van der Waals surface area contributed by atoms with Crippen molar-refractivity contribution in [3.63, 3.8) is 0 Å². The molecule has 1 aromatic carbocycles. The molecular weight excluding hydrogens is 252 g/mol. The number of nitro groups is 1. The van der Waals surface area contributed by atoms with E-state index in [0.717, 1.165) is 0 Å². The number of carboxylic acid groups (broad SMARTS) is 1. The number of aliphatic carboxylic acids is 1. The first-order valence-electron chi connectivity index (χ1n) is 5.65. The molecule has 0 saturated carbocycles. The predicted octanol–water partition coefficient (Wildman–Crippen LogP) is 1.64. The second-order valence-corrected chi connectivity index (χ2v) is 4.04. The Labute approximate surface area is 109 Å². The van der Waals surface area contributed by atoms with E-state index in [2.05, 4.69) is 5.32 Å². The van der Waals surface area contributed by atoms with Crippen LogP contribution in [0.3, 0.4) is 0 Å². The molecular formula is C12H14N2O5. The van der Waals surface area contributed by atoms with Gasteiger partial charge in [0.15, 0.2) is 0 Å². The molecule has 0 spiro atoms. The molecule has 1 atom stereocenters. The molecule has 1 aromatic rings. The van der Waals surface area contributed by atoms with E-state index >= 15 is 0 Å². The molecule has 1 unspecified atom stereocenters. The normalized spacial score (nSPS) is 11.6. The van der Waals surface area contributed by atoms with Crippen LogP contribution in [0, 0.1) is 10.1 Å². The van der Waals surface area contributed by atoms with Crippen molar-refractivity contribution < 1.29 is 19.6 Å². The fourth-order valence-corrected chi connectivity index (χ4v) is 1.53. The molecule has 0 aliphatic rings. The Morgan fingerprint density at radius 1 is 1.42 bits per heavy atom. The summed E-state index contributed by atoms with van der Waals surface area (Å²) in [7, 11) is 0. The maximum Gasteiger partial charge on any atom is 0.303 e. The van der Waals surface area contributed by atoms with Crippen LogP contribution in [0.5, 0.6) is 0 Å². The summed E-state index contributed by atoms with van der Waals surface area (Å²) in [6.45, 7) is 1.68. The lowest BCUT2D eigenvalue weighted by molar-refractivity contribution is -0.384. The van der Waals surface area contributed by atoms with Gasteiger partial charge in [-0.1, -0.05) is 12.1 Å². The van der Waals surface area contributed by atoms with Gasteiger partial charge in [0.2, 0.25) is 5.91 Å². The number of non-ortho nitro benzene ring substituents is 1. The molecule has 7 nitrogen and oxygen atoms in total. The Kier molecular flexibility index (Phi) is 4.99. The van der Waals surface area contributed by atoms with Crippen LogP contribution in [0.4, 0.5) is 5.69 Å². The molecule has 102 valence electrons. The van der Waals surface area contributed by atoms with E-state index in [9.17, 15) is 19.7 Å². The van der Waals surface area contributed by atoms with Crippen molar-refractivity contribution in [2.45, 2.75) is 25.8 Å². The second kappa shape index (κ2) is 6.48. The minimum Gasteiger partial charge on any atom is -0.481 e. The SMILES string of the molecule is CC(NC(=O)CCC(=O)O)c1cccc([N+](=O)[O-])c1. The average molecular weight is 266 g/mol. The van der Waals surface area contributed by atoms with Crippen LogP contribution >= 0.6 is 0 Å². The second-order valence-electron chi connectivity index (χ2n) is 4.04. The summed E-state index contributed by atoms with van der Waals surface area (Å²) in [4.78, 5) is 31.9. The Morgan fingerprint density at radius 3 is 2.68 bits per heavy atom. The third-order valence-electron chi connectivity index (χ3n) is 2.52. The lowest BCUT2D eigenvalue weighted by atomic mass is 10.1. The number of rotatable bonds is 6. The lowest BCUT2D eigenvalue weighted by Gasteiger charge is -2.13. The molecule has 0 fully saturated rings. The van der Waals surface area contributed by atoms with Crippen LogP contribution < -0.4 is 5.32 Å². The largest absolute Gasteiger partial charge is 0.481 e. The van der Waals surface area contributed by atoms with Crippen LogP contribution in [-0.4, -0.2) is 21.9 Å². The Bertz CT molecular complexity index is 501. The minimum atomic E-state index is -1.04. The maximum absolute atomic E-state index is 11.4. The standard InChI is InChI=1S/C12H14N2O5/c1-8(13-11(15)5-6-12(16)17)9-3-2-4-10(7-9)14(18)19/h2-4,7-8H,5-6H2,1H3,(H,13,15)(H,16,17). The summed E-state index contributed by atoms with van der Waals surface area (Å²) in [6.07, 6.45) is -0.359. The van der Waals surface area contributed by atoms with E-state index in [1.165, 1.54) is 18.2 Å². The molecule has 1 rings (SSSR count). The number of nitrogens with zero attached hydrogens (tertiary/aromatic N) is 1. The van der Waals surface area contributed by atoms with Crippen LogP contribution in [0.25, 0.3) is 0 Å². The molecule has 7 heteroatoms.